The summed E-state index contributed by atoms with van der Waals surface area (Å²) in [4.78, 5) is 12.3. The summed E-state index contributed by atoms with van der Waals surface area (Å²) in [6, 6.07) is 6.13. The molecular formula is C16H24N2O. The molecule has 1 atom stereocenters. The number of hydrogen-bond acceptors (Lipinski definition) is 2. The highest BCUT2D eigenvalue weighted by Crippen LogP contribution is 2.27. The van der Waals surface area contributed by atoms with Crippen LogP contribution in [0.1, 0.15) is 48.5 Å². The van der Waals surface area contributed by atoms with Crippen LogP contribution >= 0.6 is 0 Å². The number of carbonyl (C=O) groups excluding carboxylic acids is 1. The molecular weight excluding hydrogens is 236 g/mol. The minimum absolute atomic E-state index is 0.0551. The largest absolute Gasteiger partial charge is 0.388 e. The van der Waals surface area contributed by atoms with Gasteiger partial charge in [0, 0.05) is 24.3 Å². The van der Waals surface area contributed by atoms with E-state index in [1.807, 2.05) is 32.2 Å². The molecule has 1 unspecified atom stereocenters. The minimum atomic E-state index is 0.0551. The van der Waals surface area contributed by atoms with Crippen molar-refractivity contribution in [2.24, 2.45) is 5.92 Å². The molecule has 2 rings (SSSR count). The lowest BCUT2D eigenvalue weighted by molar-refractivity contribution is 0.0926. The lowest BCUT2D eigenvalue weighted by Crippen LogP contribution is -2.37. The van der Waals surface area contributed by atoms with E-state index in [4.69, 9.17) is 0 Å². The zero-order chi connectivity index (χ0) is 13.8. The van der Waals surface area contributed by atoms with Crippen LogP contribution in [0.4, 0.5) is 5.69 Å². The smallest absolute Gasteiger partial charge is 0.251 e. The SMILES string of the molecule is CNc1ccc(C(=O)NC(C)C2CCCC2)c(C)c1. The Morgan fingerprint density at radius 1 is 1.32 bits per heavy atom. The standard InChI is InChI=1S/C16H24N2O/c1-11-10-14(17-3)8-9-15(11)16(19)18-12(2)13-6-4-5-7-13/h8-10,12-13,17H,4-7H2,1-3H3,(H,18,19). The fourth-order valence-electron chi connectivity index (χ4n) is 2.93. The molecule has 0 radical (unpaired) electrons. The van der Waals surface area contributed by atoms with Gasteiger partial charge in [-0.2, -0.15) is 0 Å². The molecule has 1 saturated carbocycles. The highest BCUT2D eigenvalue weighted by Gasteiger charge is 2.23. The van der Waals surface area contributed by atoms with Crippen molar-refractivity contribution in [3.8, 4) is 0 Å². The number of hydrogen-bond donors (Lipinski definition) is 2. The van der Waals surface area contributed by atoms with Crippen molar-refractivity contribution in [1.82, 2.24) is 5.32 Å². The average molecular weight is 260 g/mol. The Hall–Kier alpha value is -1.51. The van der Waals surface area contributed by atoms with Crippen molar-refractivity contribution in [2.45, 2.75) is 45.6 Å². The summed E-state index contributed by atoms with van der Waals surface area (Å²) >= 11 is 0. The van der Waals surface area contributed by atoms with Crippen LogP contribution in [0.15, 0.2) is 18.2 Å². The maximum atomic E-state index is 12.3. The zero-order valence-corrected chi connectivity index (χ0v) is 12.1. The molecule has 1 aliphatic rings. The van der Waals surface area contributed by atoms with E-state index in [2.05, 4.69) is 17.6 Å². The van der Waals surface area contributed by atoms with Gasteiger partial charge in [-0.05, 0) is 56.4 Å². The Balaban J connectivity index is 2.02. The summed E-state index contributed by atoms with van der Waals surface area (Å²) in [5.41, 5.74) is 2.84. The van der Waals surface area contributed by atoms with Gasteiger partial charge >= 0.3 is 0 Å². The van der Waals surface area contributed by atoms with Gasteiger partial charge < -0.3 is 10.6 Å². The molecule has 0 bridgehead atoms. The van der Waals surface area contributed by atoms with Crippen LogP contribution in [0.2, 0.25) is 0 Å². The van der Waals surface area contributed by atoms with Gasteiger partial charge in [0.2, 0.25) is 0 Å². The van der Waals surface area contributed by atoms with Gasteiger partial charge in [-0.25, -0.2) is 0 Å². The van der Waals surface area contributed by atoms with Crippen LogP contribution in [-0.2, 0) is 0 Å². The molecule has 1 aliphatic carbocycles. The van der Waals surface area contributed by atoms with E-state index in [1.165, 1.54) is 25.7 Å². The van der Waals surface area contributed by atoms with Crippen molar-refractivity contribution in [2.75, 3.05) is 12.4 Å². The second-order valence-electron chi connectivity index (χ2n) is 5.59. The molecule has 0 saturated heterocycles. The van der Waals surface area contributed by atoms with E-state index in [-0.39, 0.29) is 11.9 Å². The molecule has 2 N–H and O–H groups in total. The molecule has 0 aliphatic heterocycles. The first kappa shape index (κ1) is 13.9. The third-order valence-electron chi connectivity index (χ3n) is 4.23. The van der Waals surface area contributed by atoms with Gasteiger partial charge in [0.1, 0.15) is 0 Å². The molecule has 0 aromatic heterocycles. The number of nitrogens with one attached hydrogen (secondary N) is 2. The Labute approximate surface area is 115 Å². The Morgan fingerprint density at radius 2 is 2.00 bits per heavy atom. The highest BCUT2D eigenvalue weighted by molar-refractivity contribution is 5.96. The summed E-state index contributed by atoms with van der Waals surface area (Å²) < 4.78 is 0. The Kier molecular flexibility index (Phi) is 4.46. The van der Waals surface area contributed by atoms with E-state index in [1.54, 1.807) is 0 Å². The van der Waals surface area contributed by atoms with Crippen LogP contribution in [0.3, 0.4) is 0 Å². The fraction of sp³-hybridized carbons (Fsp3) is 0.562. The molecule has 1 aromatic rings. The summed E-state index contributed by atoms with van der Waals surface area (Å²) in [6.45, 7) is 4.11. The highest BCUT2D eigenvalue weighted by atomic mass is 16.1. The van der Waals surface area contributed by atoms with Gasteiger partial charge in [0.05, 0.1) is 0 Å². The van der Waals surface area contributed by atoms with Gasteiger partial charge in [-0.15, -0.1) is 0 Å². The number of aryl methyl sites for hydroxylation is 1. The van der Waals surface area contributed by atoms with E-state index in [0.29, 0.717) is 5.92 Å². The molecule has 1 fully saturated rings. The molecule has 1 aromatic carbocycles. The van der Waals surface area contributed by atoms with Crippen LogP contribution < -0.4 is 10.6 Å². The molecule has 3 heteroatoms. The maximum Gasteiger partial charge on any atom is 0.251 e. The molecule has 0 spiro atoms. The van der Waals surface area contributed by atoms with Crippen molar-refractivity contribution < 1.29 is 4.79 Å². The summed E-state index contributed by atoms with van der Waals surface area (Å²) in [7, 11) is 1.89. The third-order valence-corrected chi connectivity index (χ3v) is 4.23. The van der Waals surface area contributed by atoms with E-state index in [9.17, 15) is 4.79 Å². The average Bonchev–Trinajstić information content (AvgIpc) is 2.92. The van der Waals surface area contributed by atoms with Crippen molar-refractivity contribution in [3.63, 3.8) is 0 Å². The number of rotatable bonds is 4. The van der Waals surface area contributed by atoms with E-state index in [0.717, 1.165) is 16.8 Å². The molecule has 1 amide bonds. The summed E-state index contributed by atoms with van der Waals surface area (Å²) in [6.07, 6.45) is 5.11. The van der Waals surface area contributed by atoms with Crippen molar-refractivity contribution in [3.05, 3.63) is 29.3 Å². The number of anilines is 1. The normalized spacial score (nSPS) is 17.2. The summed E-state index contributed by atoms with van der Waals surface area (Å²) in [5, 5.41) is 6.24. The second kappa shape index (κ2) is 6.09. The van der Waals surface area contributed by atoms with E-state index < -0.39 is 0 Å². The van der Waals surface area contributed by atoms with Crippen molar-refractivity contribution in [1.29, 1.82) is 0 Å². The first-order valence-electron chi connectivity index (χ1n) is 7.21. The monoisotopic (exact) mass is 260 g/mol. The molecule has 0 heterocycles. The van der Waals surface area contributed by atoms with Crippen LogP contribution in [-0.4, -0.2) is 19.0 Å². The predicted octanol–water partition coefficient (Wildman–Crippen LogP) is 3.35. The topological polar surface area (TPSA) is 41.1 Å². The first-order valence-corrected chi connectivity index (χ1v) is 7.21. The van der Waals surface area contributed by atoms with Gasteiger partial charge in [-0.3, -0.25) is 4.79 Å². The number of benzene rings is 1. The lowest BCUT2D eigenvalue weighted by Gasteiger charge is -2.21. The van der Waals surface area contributed by atoms with Gasteiger partial charge in [-0.1, -0.05) is 12.8 Å². The number of carbonyl (C=O) groups is 1. The zero-order valence-electron chi connectivity index (χ0n) is 12.1. The second-order valence-corrected chi connectivity index (χ2v) is 5.59. The molecule has 104 valence electrons. The predicted molar refractivity (Wildman–Crippen MR) is 79.6 cm³/mol. The molecule has 3 nitrogen and oxygen atoms in total. The fourth-order valence-corrected chi connectivity index (χ4v) is 2.93. The van der Waals surface area contributed by atoms with Crippen LogP contribution in [0.25, 0.3) is 0 Å². The minimum Gasteiger partial charge on any atom is -0.388 e. The Bertz CT molecular complexity index is 450. The number of amides is 1. The third kappa shape index (κ3) is 3.28. The van der Waals surface area contributed by atoms with Crippen LogP contribution in [0, 0.1) is 12.8 Å². The van der Waals surface area contributed by atoms with Gasteiger partial charge in [0.25, 0.3) is 5.91 Å². The maximum absolute atomic E-state index is 12.3. The van der Waals surface area contributed by atoms with Gasteiger partial charge in [0.15, 0.2) is 0 Å². The summed E-state index contributed by atoms with van der Waals surface area (Å²) in [5.74, 6) is 0.709. The quantitative estimate of drug-likeness (QED) is 0.871. The lowest BCUT2D eigenvalue weighted by atomic mass is 9.99. The first-order chi connectivity index (χ1) is 9.11. The van der Waals surface area contributed by atoms with Crippen molar-refractivity contribution >= 4 is 11.6 Å². The van der Waals surface area contributed by atoms with Crippen LogP contribution in [0.5, 0.6) is 0 Å². The van der Waals surface area contributed by atoms with E-state index >= 15 is 0 Å². The molecule has 19 heavy (non-hydrogen) atoms. The Morgan fingerprint density at radius 3 is 2.58 bits per heavy atom.